The van der Waals surface area contributed by atoms with Crippen molar-refractivity contribution >= 4 is 46.9 Å². The highest BCUT2D eigenvalue weighted by Gasteiger charge is 2.30. The zero-order chi connectivity index (χ0) is 14.8. The first-order valence-corrected chi connectivity index (χ1v) is 8.40. The van der Waals surface area contributed by atoms with Gasteiger partial charge < -0.3 is 9.67 Å². The molecular formula is C14H11Cl2O3P. The van der Waals surface area contributed by atoms with Crippen LogP contribution in [0.3, 0.4) is 0 Å². The van der Waals surface area contributed by atoms with Gasteiger partial charge in [0.05, 0.1) is 0 Å². The van der Waals surface area contributed by atoms with Crippen LogP contribution < -0.4 is 10.6 Å². The second-order valence-electron chi connectivity index (χ2n) is 4.24. The van der Waals surface area contributed by atoms with Crippen molar-refractivity contribution in [3.63, 3.8) is 0 Å². The number of carboxylic acid groups (broad SMARTS) is 1. The largest absolute Gasteiger partial charge is 0.481 e. The number of hydrogen-bond acceptors (Lipinski definition) is 2. The number of carbonyl (C=O) groups is 1. The van der Waals surface area contributed by atoms with Crippen molar-refractivity contribution in [3.05, 3.63) is 58.6 Å². The van der Waals surface area contributed by atoms with Gasteiger partial charge in [0.25, 0.3) is 0 Å². The van der Waals surface area contributed by atoms with E-state index in [1.54, 1.807) is 48.5 Å². The first-order valence-electron chi connectivity index (χ1n) is 5.75. The van der Waals surface area contributed by atoms with Gasteiger partial charge in [-0.1, -0.05) is 23.2 Å². The molecule has 0 unspecified atom stereocenters. The van der Waals surface area contributed by atoms with Crippen molar-refractivity contribution in [2.75, 3.05) is 6.16 Å². The summed E-state index contributed by atoms with van der Waals surface area (Å²) in [6, 6.07) is 12.8. The molecule has 0 atom stereocenters. The van der Waals surface area contributed by atoms with Crippen LogP contribution in [0.4, 0.5) is 0 Å². The third kappa shape index (κ3) is 3.24. The minimum atomic E-state index is -3.24. The zero-order valence-corrected chi connectivity index (χ0v) is 12.7. The molecule has 0 heterocycles. The summed E-state index contributed by atoms with van der Waals surface area (Å²) in [5.41, 5.74) is 0. The average Bonchev–Trinajstić information content (AvgIpc) is 2.39. The quantitative estimate of drug-likeness (QED) is 0.875. The highest BCUT2D eigenvalue weighted by molar-refractivity contribution is 7.79. The van der Waals surface area contributed by atoms with Crippen molar-refractivity contribution in [2.24, 2.45) is 0 Å². The van der Waals surface area contributed by atoms with Crippen molar-refractivity contribution in [3.8, 4) is 0 Å². The molecule has 0 aromatic heterocycles. The van der Waals surface area contributed by atoms with Gasteiger partial charge in [-0.25, -0.2) is 0 Å². The monoisotopic (exact) mass is 328 g/mol. The summed E-state index contributed by atoms with van der Waals surface area (Å²) >= 11 is 11.6. The predicted octanol–water partition coefficient (Wildman–Crippen LogP) is 3.39. The molecule has 0 bridgehead atoms. The van der Waals surface area contributed by atoms with Gasteiger partial charge in [-0.15, -0.1) is 0 Å². The maximum Gasteiger partial charge on any atom is 0.311 e. The molecule has 1 N–H and O–H groups in total. The Bertz CT molecular complexity index is 616. The Labute approximate surface area is 126 Å². The molecule has 0 aliphatic carbocycles. The lowest BCUT2D eigenvalue weighted by Gasteiger charge is -2.17. The summed E-state index contributed by atoms with van der Waals surface area (Å²) in [5.74, 6) is -1.11. The highest BCUT2D eigenvalue weighted by atomic mass is 35.5. The topological polar surface area (TPSA) is 54.4 Å². The molecule has 2 rings (SSSR count). The van der Waals surface area contributed by atoms with E-state index in [1.807, 2.05) is 0 Å². The molecule has 2 aromatic carbocycles. The predicted molar refractivity (Wildman–Crippen MR) is 82.3 cm³/mol. The zero-order valence-electron chi connectivity index (χ0n) is 10.3. The lowest BCUT2D eigenvalue weighted by molar-refractivity contribution is -0.134. The second-order valence-corrected chi connectivity index (χ2v) is 7.95. The number of hydrogen-bond donors (Lipinski definition) is 1. The van der Waals surface area contributed by atoms with Gasteiger partial charge in [-0.3, -0.25) is 4.79 Å². The Kier molecular flexibility index (Phi) is 4.54. The van der Waals surface area contributed by atoms with E-state index in [0.717, 1.165) is 0 Å². The molecule has 6 heteroatoms. The Morgan fingerprint density at radius 3 is 1.55 bits per heavy atom. The van der Waals surface area contributed by atoms with E-state index in [2.05, 4.69) is 0 Å². The highest BCUT2D eigenvalue weighted by Crippen LogP contribution is 2.43. The summed E-state index contributed by atoms with van der Waals surface area (Å²) in [6.07, 6.45) is -0.448. The summed E-state index contributed by atoms with van der Waals surface area (Å²) < 4.78 is 13.2. The van der Waals surface area contributed by atoms with Crippen LogP contribution in [0, 0.1) is 0 Å². The van der Waals surface area contributed by atoms with Crippen LogP contribution in [0.15, 0.2) is 48.5 Å². The molecule has 0 spiro atoms. The summed E-state index contributed by atoms with van der Waals surface area (Å²) in [5, 5.41) is 11.0. The third-order valence-electron chi connectivity index (χ3n) is 2.85. The first-order chi connectivity index (χ1) is 9.41. The van der Waals surface area contributed by atoms with E-state index in [9.17, 15) is 9.36 Å². The van der Waals surface area contributed by atoms with Crippen LogP contribution in [-0.2, 0) is 9.36 Å². The van der Waals surface area contributed by atoms with Gasteiger partial charge in [0.2, 0.25) is 0 Å². The minimum Gasteiger partial charge on any atom is -0.481 e. The number of rotatable bonds is 4. The van der Waals surface area contributed by atoms with E-state index in [1.165, 1.54) is 0 Å². The van der Waals surface area contributed by atoms with Crippen molar-refractivity contribution in [1.29, 1.82) is 0 Å². The average molecular weight is 329 g/mol. The Morgan fingerprint density at radius 1 is 0.900 bits per heavy atom. The fraction of sp³-hybridized carbons (Fsp3) is 0.0714. The smallest absolute Gasteiger partial charge is 0.311 e. The Hall–Kier alpha value is -1.28. The van der Waals surface area contributed by atoms with E-state index in [-0.39, 0.29) is 0 Å². The van der Waals surface area contributed by atoms with Gasteiger partial charge >= 0.3 is 5.97 Å². The Morgan fingerprint density at radius 2 is 1.25 bits per heavy atom. The Balaban J connectivity index is 2.55. The third-order valence-corrected chi connectivity index (χ3v) is 6.33. The van der Waals surface area contributed by atoms with E-state index in [0.29, 0.717) is 20.7 Å². The molecule has 20 heavy (non-hydrogen) atoms. The molecule has 0 fully saturated rings. The van der Waals surface area contributed by atoms with Crippen LogP contribution >= 0.6 is 30.3 Å². The van der Waals surface area contributed by atoms with Crippen LogP contribution in [0.25, 0.3) is 0 Å². The molecule has 0 radical (unpaired) electrons. The maximum atomic E-state index is 13.2. The lowest BCUT2D eigenvalue weighted by atomic mass is 10.4. The lowest BCUT2D eigenvalue weighted by Crippen LogP contribution is -2.22. The molecule has 0 amide bonds. The number of aliphatic carboxylic acids is 1. The van der Waals surface area contributed by atoms with Gasteiger partial charge in [0, 0.05) is 20.7 Å². The van der Waals surface area contributed by atoms with Crippen LogP contribution in [0.1, 0.15) is 0 Å². The number of halogens is 2. The van der Waals surface area contributed by atoms with Crippen LogP contribution in [0.2, 0.25) is 10.0 Å². The normalized spacial score (nSPS) is 11.3. The number of carboxylic acids is 1. The molecule has 0 saturated heterocycles. The molecular weight excluding hydrogens is 318 g/mol. The van der Waals surface area contributed by atoms with Crippen molar-refractivity contribution in [2.45, 2.75) is 0 Å². The fourth-order valence-corrected chi connectivity index (χ4v) is 4.44. The second kappa shape index (κ2) is 6.01. The van der Waals surface area contributed by atoms with Crippen LogP contribution in [0.5, 0.6) is 0 Å². The fourth-order valence-electron chi connectivity index (χ4n) is 1.89. The minimum absolute atomic E-state index is 0.448. The van der Waals surface area contributed by atoms with E-state index < -0.39 is 19.3 Å². The standard InChI is InChI=1S/C14H11Cl2O3P/c15-10-1-5-12(6-2-10)20(19,9-14(17)18)13-7-3-11(16)4-8-13/h1-8H,9H2,(H,17,18). The molecule has 3 nitrogen and oxygen atoms in total. The molecule has 0 saturated carbocycles. The number of benzene rings is 2. The van der Waals surface area contributed by atoms with E-state index >= 15 is 0 Å². The summed E-state index contributed by atoms with van der Waals surface area (Å²) in [7, 11) is -3.24. The SMILES string of the molecule is O=C(O)CP(=O)(c1ccc(Cl)cc1)c1ccc(Cl)cc1. The van der Waals surface area contributed by atoms with Gasteiger partial charge in [-0.05, 0) is 48.5 Å². The summed E-state index contributed by atoms with van der Waals surface area (Å²) in [4.78, 5) is 11.1. The molecule has 2 aromatic rings. The first kappa shape index (κ1) is 15.1. The van der Waals surface area contributed by atoms with E-state index in [4.69, 9.17) is 28.3 Å². The van der Waals surface area contributed by atoms with Crippen molar-refractivity contribution in [1.82, 2.24) is 0 Å². The van der Waals surface area contributed by atoms with Crippen molar-refractivity contribution < 1.29 is 14.5 Å². The molecule has 0 aliphatic heterocycles. The van der Waals surface area contributed by atoms with Gasteiger partial charge in [-0.2, -0.15) is 0 Å². The maximum absolute atomic E-state index is 13.2. The summed E-state index contributed by atoms with van der Waals surface area (Å²) in [6.45, 7) is 0. The molecule has 0 aliphatic rings. The molecule has 104 valence electrons. The van der Waals surface area contributed by atoms with Crippen LogP contribution in [-0.4, -0.2) is 17.2 Å². The van der Waals surface area contributed by atoms with Gasteiger partial charge in [0.15, 0.2) is 7.14 Å². The van der Waals surface area contributed by atoms with Gasteiger partial charge in [0.1, 0.15) is 6.16 Å².